The molecule has 0 aliphatic carbocycles. The van der Waals surface area contributed by atoms with Gasteiger partial charge in [0.25, 0.3) is 0 Å². The third-order valence-corrected chi connectivity index (χ3v) is 4.71. The van der Waals surface area contributed by atoms with Gasteiger partial charge in [0.2, 0.25) is 5.78 Å². The topological polar surface area (TPSA) is 56.0 Å². The van der Waals surface area contributed by atoms with Gasteiger partial charge in [-0.2, -0.15) is 0 Å². The van der Waals surface area contributed by atoms with E-state index in [0.29, 0.717) is 16.1 Å². The Morgan fingerprint density at radius 1 is 1.27 bits per heavy atom. The average molecular weight is 333 g/mol. The number of aromatic nitrogens is 1. The van der Waals surface area contributed by atoms with Crippen LogP contribution in [0.15, 0.2) is 36.4 Å². The van der Waals surface area contributed by atoms with Crippen molar-refractivity contribution in [3.8, 4) is 0 Å². The molecule has 5 heteroatoms. The van der Waals surface area contributed by atoms with Gasteiger partial charge in [-0.25, -0.2) is 4.98 Å². The highest BCUT2D eigenvalue weighted by Crippen LogP contribution is 2.35. The van der Waals surface area contributed by atoms with Crippen LogP contribution in [0.4, 0.5) is 5.69 Å². The van der Waals surface area contributed by atoms with Crippen molar-refractivity contribution in [3.63, 3.8) is 0 Å². The summed E-state index contributed by atoms with van der Waals surface area (Å²) in [5.41, 5.74) is 9.56. The highest BCUT2D eigenvalue weighted by molar-refractivity contribution is 7.21. The predicted molar refractivity (Wildman–Crippen MR) is 95.3 cm³/mol. The molecule has 0 radical (unpaired) electrons. The lowest BCUT2D eigenvalue weighted by molar-refractivity contribution is 0.104. The molecule has 3 nitrogen and oxygen atoms in total. The highest BCUT2D eigenvalue weighted by Gasteiger charge is 2.19. The lowest BCUT2D eigenvalue weighted by Crippen LogP contribution is -2.01. The third-order valence-electron chi connectivity index (χ3n) is 3.59. The van der Waals surface area contributed by atoms with Crippen molar-refractivity contribution in [1.82, 2.24) is 4.98 Å². The zero-order chi connectivity index (χ0) is 15.0. The maximum absolute atomic E-state index is 12.6. The summed E-state index contributed by atoms with van der Waals surface area (Å²) in [6, 6.07) is 11.3. The van der Waals surface area contributed by atoms with Crippen molar-refractivity contribution in [3.05, 3.63) is 58.1 Å². The van der Waals surface area contributed by atoms with Gasteiger partial charge in [-0.05, 0) is 25.0 Å². The van der Waals surface area contributed by atoms with Crippen molar-refractivity contribution in [2.24, 2.45) is 0 Å². The molecule has 0 unspecified atom stereocenters. The third kappa shape index (κ3) is 2.72. The molecule has 2 N–H and O–H groups in total. The highest BCUT2D eigenvalue weighted by atomic mass is 35.5. The van der Waals surface area contributed by atoms with Gasteiger partial charge in [0, 0.05) is 16.6 Å². The Hall–Kier alpha value is -1.91. The molecule has 0 saturated carbocycles. The lowest BCUT2D eigenvalue weighted by Gasteiger charge is -2.02. The first-order valence-corrected chi connectivity index (χ1v) is 7.71. The largest absolute Gasteiger partial charge is 0.397 e. The average Bonchev–Trinajstić information content (AvgIpc) is 2.83. The molecule has 0 amide bonds. The van der Waals surface area contributed by atoms with Crippen LogP contribution in [0, 0.1) is 6.92 Å². The van der Waals surface area contributed by atoms with Crippen LogP contribution in [0.1, 0.15) is 33.4 Å². The molecule has 0 atom stereocenters. The van der Waals surface area contributed by atoms with E-state index in [1.54, 1.807) is 0 Å². The molecule has 2 aromatic heterocycles. The van der Waals surface area contributed by atoms with Gasteiger partial charge < -0.3 is 5.73 Å². The Morgan fingerprint density at radius 2 is 1.95 bits per heavy atom. The van der Waals surface area contributed by atoms with E-state index < -0.39 is 0 Å². The van der Waals surface area contributed by atoms with Crippen LogP contribution >= 0.6 is 23.7 Å². The number of hydrogen-bond donors (Lipinski definition) is 1. The number of benzene rings is 1. The molecular weight excluding hydrogens is 316 g/mol. The van der Waals surface area contributed by atoms with Crippen molar-refractivity contribution >= 4 is 45.4 Å². The van der Waals surface area contributed by atoms with Gasteiger partial charge in [0.1, 0.15) is 9.71 Å². The minimum absolute atomic E-state index is 0. The second-order valence-electron chi connectivity index (χ2n) is 5.00. The molecule has 22 heavy (non-hydrogen) atoms. The maximum atomic E-state index is 12.6. The van der Waals surface area contributed by atoms with Gasteiger partial charge in [-0.15, -0.1) is 23.7 Å². The van der Waals surface area contributed by atoms with Gasteiger partial charge in [-0.3, -0.25) is 4.79 Å². The van der Waals surface area contributed by atoms with Crippen molar-refractivity contribution in [1.29, 1.82) is 0 Å². The predicted octanol–water partition coefficient (Wildman–Crippen LogP) is 4.40. The number of thiophene rings is 1. The molecule has 0 aliphatic rings. The summed E-state index contributed by atoms with van der Waals surface area (Å²) in [6.07, 6.45) is 0.877. The minimum atomic E-state index is -0.0354. The fourth-order valence-corrected chi connectivity index (χ4v) is 3.48. The molecule has 0 saturated heterocycles. The number of nitrogen functional groups attached to an aromatic ring is 1. The molecule has 114 valence electrons. The van der Waals surface area contributed by atoms with E-state index >= 15 is 0 Å². The Morgan fingerprint density at radius 3 is 2.59 bits per heavy atom. The van der Waals surface area contributed by atoms with Crippen LogP contribution in [0.5, 0.6) is 0 Å². The number of aryl methyl sites for hydroxylation is 2. The van der Waals surface area contributed by atoms with Gasteiger partial charge in [-0.1, -0.05) is 37.3 Å². The number of rotatable bonds is 3. The van der Waals surface area contributed by atoms with Crippen LogP contribution in [0.3, 0.4) is 0 Å². The summed E-state index contributed by atoms with van der Waals surface area (Å²) in [7, 11) is 0. The number of hydrogen-bond acceptors (Lipinski definition) is 4. The second-order valence-corrected chi connectivity index (χ2v) is 6.00. The summed E-state index contributed by atoms with van der Waals surface area (Å²) in [4.78, 5) is 18.6. The SMILES string of the molecule is CCc1nc2sc(C(=O)c3ccccc3)c(N)c2cc1C.Cl. The maximum Gasteiger partial charge on any atom is 0.205 e. The summed E-state index contributed by atoms with van der Waals surface area (Å²) < 4.78 is 0. The van der Waals surface area contributed by atoms with E-state index in [4.69, 9.17) is 5.73 Å². The number of nitrogens with zero attached hydrogens (tertiary/aromatic N) is 1. The lowest BCUT2D eigenvalue weighted by atomic mass is 10.1. The Balaban J connectivity index is 0.00000176. The van der Waals surface area contributed by atoms with E-state index in [2.05, 4.69) is 11.9 Å². The number of halogens is 1. The second kappa shape index (κ2) is 6.46. The van der Waals surface area contributed by atoms with Gasteiger partial charge >= 0.3 is 0 Å². The zero-order valence-corrected chi connectivity index (χ0v) is 14.1. The Bertz CT molecular complexity index is 828. The van der Waals surface area contributed by atoms with Gasteiger partial charge in [0.15, 0.2) is 0 Å². The van der Waals surface area contributed by atoms with Crippen LogP contribution in [-0.4, -0.2) is 10.8 Å². The fourth-order valence-electron chi connectivity index (χ4n) is 2.42. The summed E-state index contributed by atoms with van der Waals surface area (Å²) in [5.74, 6) is -0.0354. The van der Waals surface area contributed by atoms with Crippen molar-refractivity contribution < 1.29 is 4.79 Å². The first kappa shape index (κ1) is 16.5. The number of carbonyl (C=O) groups excluding carboxylic acids is 1. The molecule has 0 aliphatic heterocycles. The number of nitrogens with two attached hydrogens (primary N) is 1. The number of anilines is 1. The zero-order valence-electron chi connectivity index (χ0n) is 12.4. The molecule has 1 aromatic carbocycles. The normalized spacial score (nSPS) is 10.5. The van der Waals surface area contributed by atoms with Crippen LogP contribution in [0.25, 0.3) is 10.2 Å². The van der Waals surface area contributed by atoms with Crippen LogP contribution < -0.4 is 5.73 Å². The standard InChI is InChI=1S/C17H16N2OS.ClH/c1-3-13-10(2)9-12-14(18)16(21-17(12)19-13)15(20)11-7-5-4-6-8-11;/h4-9H,3,18H2,1-2H3;1H. The molecule has 2 heterocycles. The summed E-state index contributed by atoms with van der Waals surface area (Å²) in [6.45, 7) is 4.11. The number of fused-ring (bicyclic) bond motifs is 1. The quantitative estimate of drug-likeness (QED) is 0.723. The van der Waals surface area contributed by atoms with E-state index in [9.17, 15) is 4.79 Å². The van der Waals surface area contributed by atoms with Gasteiger partial charge in [0.05, 0.1) is 5.69 Å². The monoisotopic (exact) mass is 332 g/mol. The summed E-state index contributed by atoms with van der Waals surface area (Å²) in [5, 5.41) is 0.883. The Labute approximate surface area is 139 Å². The molecule has 0 spiro atoms. The van der Waals surface area contributed by atoms with E-state index in [0.717, 1.165) is 27.9 Å². The Kier molecular flexibility index (Phi) is 4.84. The molecule has 3 rings (SSSR count). The first-order valence-electron chi connectivity index (χ1n) is 6.90. The number of carbonyl (C=O) groups is 1. The molecule has 0 fully saturated rings. The number of ketones is 1. The van der Waals surface area contributed by atoms with Crippen LogP contribution in [-0.2, 0) is 6.42 Å². The van der Waals surface area contributed by atoms with E-state index in [1.165, 1.54) is 11.3 Å². The van der Waals surface area contributed by atoms with E-state index in [1.807, 2.05) is 43.3 Å². The van der Waals surface area contributed by atoms with Crippen molar-refractivity contribution in [2.75, 3.05) is 5.73 Å². The fraction of sp³-hybridized carbons (Fsp3) is 0.176. The number of pyridine rings is 1. The minimum Gasteiger partial charge on any atom is -0.397 e. The molecule has 0 bridgehead atoms. The first-order chi connectivity index (χ1) is 10.1. The molecule has 3 aromatic rings. The molecular formula is C17H17ClN2OS. The van der Waals surface area contributed by atoms with Crippen LogP contribution in [0.2, 0.25) is 0 Å². The summed E-state index contributed by atoms with van der Waals surface area (Å²) >= 11 is 1.38. The van der Waals surface area contributed by atoms with Crippen molar-refractivity contribution in [2.45, 2.75) is 20.3 Å². The van der Waals surface area contributed by atoms with E-state index in [-0.39, 0.29) is 18.2 Å². The smallest absolute Gasteiger partial charge is 0.205 e.